The number of carbonyl (C=O) groups excluding carboxylic acids is 3. The molecule has 6 rings (SSSR count). The van der Waals surface area contributed by atoms with Crippen molar-refractivity contribution < 1.29 is 19.1 Å². The standard InChI is InChI=1S/C28H32N4O4/c33-26-23-13-29-14-24(22(23)7-9-30-26)27(34)31-21-6-5-19-15-32(10-8-17(19)12-21)28(35)20-11-18-3-1-2-4-25(18)36-16-20/h1-4,13-14,17,19-21H,5-12,15-16H2,(H,30,33)(H,31,34). The van der Waals surface area contributed by atoms with Crippen molar-refractivity contribution in [1.82, 2.24) is 20.5 Å². The number of fused-ring (bicyclic) bond motifs is 3. The lowest BCUT2D eigenvalue weighted by molar-refractivity contribution is -0.140. The Balaban J connectivity index is 1.05. The van der Waals surface area contributed by atoms with Crippen molar-refractivity contribution in [2.45, 2.75) is 44.6 Å². The number of pyridine rings is 1. The maximum atomic E-state index is 13.3. The molecule has 36 heavy (non-hydrogen) atoms. The van der Waals surface area contributed by atoms with Crippen molar-refractivity contribution in [3.63, 3.8) is 0 Å². The molecule has 0 radical (unpaired) electrons. The van der Waals surface area contributed by atoms with Gasteiger partial charge < -0.3 is 20.3 Å². The summed E-state index contributed by atoms with van der Waals surface area (Å²) >= 11 is 0. The van der Waals surface area contributed by atoms with Gasteiger partial charge in [-0.2, -0.15) is 0 Å². The van der Waals surface area contributed by atoms with E-state index in [0.717, 1.165) is 62.1 Å². The lowest BCUT2D eigenvalue weighted by Gasteiger charge is -2.44. The fourth-order valence-electron chi connectivity index (χ4n) is 6.50. The van der Waals surface area contributed by atoms with Gasteiger partial charge in [0.2, 0.25) is 5.91 Å². The molecule has 1 aliphatic carbocycles. The molecule has 2 N–H and O–H groups in total. The summed E-state index contributed by atoms with van der Waals surface area (Å²) in [4.78, 5) is 44.7. The fourth-order valence-corrected chi connectivity index (χ4v) is 6.50. The van der Waals surface area contributed by atoms with Gasteiger partial charge in [-0.25, -0.2) is 0 Å². The smallest absolute Gasteiger partial charge is 0.253 e. The van der Waals surface area contributed by atoms with Crippen molar-refractivity contribution in [2.75, 3.05) is 26.2 Å². The summed E-state index contributed by atoms with van der Waals surface area (Å²) in [5.41, 5.74) is 2.92. The summed E-state index contributed by atoms with van der Waals surface area (Å²) < 4.78 is 5.87. The van der Waals surface area contributed by atoms with Gasteiger partial charge in [-0.3, -0.25) is 19.4 Å². The van der Waals surface area contributed by atoms with E-state index in [1.165, 1.54) is 0 Å². The highest BCUT2D eigenvalue weighted by Gasteiger charge is 2.39. The molecule has 4 unspecified atom stereocenters. The Kier molecular flexibility index (Phi) is 6.11. The van der Waals surface area contributed by atoms with Crippen LogP contribution in [-0.2, 0) is 17.6 Å². The molecule has 8 heteroatoms. The first-order chi connectivity index (χ1) is 17.6. The normalized spacial score (nSPS) is 27.0. The highest BCUT2D eigenvalue weighted by Crippen LogP contribution is 2.37. The van der Waals surface area contributed by atoms with Gasteiger partial charge in [0.05, 0.1) is 17.0 Å². The number of hydrogen-bond acceptors (Lipinski definition) is 5. The minimum Gasteiger partial charge on any atom is -0.492 e. The third kappa shape index (κ3) is 4.33. The van der Waals surface area contributed by atoms with Crippen molar-refractivity contribution in [3.8, 4) is 5.75 Å². The second kappa shape index (κ2) is 9.56. The maximum Gasteiger partial charge on any atom is 0.253 e. The second-order valence-electron chi connectivity index (χ2n) is 10.6. The number of aromatic nitrogens is 1. The number of nitrogens with one attached hydrogen (secondary N) is 2. The predicted molar refractivity (Wildman–Crippen MR) is 133 cm³/mol. The molecule has 0 spiro atoms. The molecule has 2 aromatic rings. The minimum atomic E-state index is -0.163. The summed E-state index contributed by atoms with van der Waals surface area (Å²) in [6.07, 6.45) is 8.30. The van der Waals surface area contributed by atoms with Crippen LogP contribution in [0.5, 0.6) is 5.75 Å². The number of piperidine rings is 1. The van der Waals surface area contributed by atoms with E-state index in [2.05, 4.69) is 20.5 Å². The molecule has 0 bridgehead atoms. The van der Waals surface area contributed by atoms with Crippen LogP contribution in [0.4, 0.5) is 0 Å². The first-order valence-corrected chi connectivity index (χ1v) is 13.1. The number of para-hydroxylation sites is 1. The van der Waals surface area contributed by atoms with Gasteiger partial charge in [-0.1, -0.05) is 18.2 Å². The van der Waals surface area contributed by atoms with Crippen LogP contribution in [0.1, 0.15) is 57.5 Å². The van der Waals surface area contributed by atoms with E-state index in [1.54, 1.807) is 12.4 Å². The summed E-state index contributed by atoms with van der Waals surface area (Å²) in [5.74, 6) is 1.68. The first-order valence-electron chi connectivity index (χ1n) is 13.1. The number of likely N-dealkylation sites (tertiary alicyclic amines) is 1. The van der Waals surface area contributed by atoms with Crippen LogP contribution >= 0.6 is 0 Å². The number of rotatable bonds is 3. The van der Waals surface area contributed by atoms with Gasteiger partial charge in [0.15, 0.2) is 0 Å². The van der Waals surface area contributed by atoms with E-state index in [1.807, 2.05) is 24.3 Å². The highest BCUT2D eigenvalue weighted by molar-refractivity contribution is 6.02. The molecular formula is C28H32N4O4. The molecule has 4 aliphatic rings. The minimum absolute atomic E-state index is 0.109. The second-order valence-corrected chi connectivity index (χ2v) is 10.6. The van der Waals surface area contributed by atoms with E-state index in [9.17, 15) is 14.4 Å². The van der Waals surface area contributed by atoms with Gasteiger partial charge >= 0.3 is 0 Å². The van der Waals surface area contributed by atoms with Crippen LogP contribution in [0.2, 0.25) is 0 Å². The third-order valence-electron chi connectivity index (χ3n) is 8.45. The zero-order valence-electron chi connectivity index (χ0n) is 20.4. The Hall–Kier alpha value is -3.42. The average molecular weight is 489 g/mol. The van der Waals surface area contributed by atoms with Crippen molar-refractivity contribution in [1.29, 1.82) is 0 Å². The van der Waals surface area contributed by atoms with Crippen molar-refractivity contribution in [2.24, 2.45) is 17.8 Å². The SMILES string of the molecule is O=C1NCCc2c1cncc2C(=O)NC1CCC2CN(C(=O)C3COc4ccccc4C3)CCC2C1. The summed E-state index contributed by atoms with van der Waals surface area (Å²) in [5, 5.41) is 6.03. The van der Waals surface area contributed by atoms with E-state index in [4.69, 9.17) is 4.74 Å². The van der Waals surface area contributed by atoms with Crippen LogP contribution in [0, 0.1) is 17.8 Å². The molecule has 188 valence electrons. The summed E-state index contributed by atoms with van der Waals surface area (Å²) in [7, 11) is 0. The number of carbonyl (C=O) groups is 3. The monoisotopic (exact) mass is 488 g/mol. The third-order valence-corrected chi connectivity index (χ3v) is 8.45. The zero-order chi connectivity index (χ0) is 24.6. The first kappa shape index (κ1) is 23.0. The molecule has 4 atom stereocenters. The zero-order valence-corrected chi connectivity index (χ0v) is 20.4. The van der Waals surface area contributed by atoms with Crippen LogP contribution < -0.4 is 15.4 Å². The largest absolute Gasteiger partial charge is 0.492 e. The van der Waals surface area contributed by atoms with Gasteiger partial charge in [0.25, 0.3) is 11.8 Å². The number of benzene rings is 1. The molecule has 1 saturated heterocycles. The average Bonchev–Trinajstić information content (AvgIpc) is 2.92. The molecular weight excluding hydrogens is 456 g/mol. The van der Waals surface area contributed by atoms with Gasteiger partial charge in [-0.15, -0.1) is 0 Å². The van der Waals surface area contributed by atoms with E-state index in [-0.39, 0.29) is 29.7 Å². The molecule has 8 nitrogen and oxygen atoms in total. The number of hydrogen-bond donors (Lipinski definition) is 2. The predicted octanol–water partition coefficient (Wildman–Crippen LogP) is 2.37. The molecule has 1 aromatic heterocycles. The lowest BCUT2D eigenvalue weighted by Crippen LogP contribution is -2.51. The van der Waals surface area contributed by atoms with Crippen LogP contribution in [0.15, 0.2) is 36.7 Å². The number of amides is 3. The molecule has 4 heterocycles. The van der Waals surface area contributed by atoms with E-state index >= 15 is 0 Å². The molecule has 3 amide bonds. The molecule has 1 aromatic carbocycles. The Morgan fingerprint density at radius 2 is 2.00 bits per heavy atom. The van der Waals surface area contributed by atoms with E-state index < -0.39 is 0 Å². The quantitative estimate of drug-likeness (QED) is 0.691. The Bertz CT molecular complexity index is 1200. The lowest BCUT2D eigenvalue weighted by atomic mass is 9.73. The van der Waals surface area contributed by atoms with Crippen molar-refractivity contribution in [3.05, 3.63) is 58.9 Å². The maximum absolute atomic E-state index is 13.3. The van der Waals surface area contributed by atoms with Gasteiger partial charge in [-0.05, 0) is 67.6 Å². The Morgan fingerprint density at radius 1 is 1.11 bits per heavy atom. The number of nitrogens with zero attached hydrogens (tertiary/aromatic N) is 2. The number of ether oxygens (including phenoxy) is 1. The summed E-state index contributed by atoms with van der Waals surface area (Å²) in [6, 6.07) is 8.09. The molecule has 1 saturated carbocycles. The van der Waals surface area contributed by atoms with Crippen LogP contribution in [0.3, 0.4) is 0 Å². The van der Waals surface area contributed by atoms with Gasteiger partial charge in [0, 0.05) is 38.1 Å². The highest BCUT2D eigenvalue weighted by atomic mass is 16.5. The Labute approximate surface area is 210 Å². The summed E-state index contributed by atoms with van der Waals surface area (Å²) in [6.45, 7) is 2.56. The fraction of sp³-hybridized carbons (Fsp3) is 0.500. The van der Waals surface area contributed by atoms with Crippen LogP contribution in [0.25, 0.3) is 0 Å². The topological polar surface area (TPSA) is 101 Å². The van der Waals surface area contributed by atoms with Crippen LogP contribution in [-0.4, -0.2) is 59.9 Å². The van der Waals surface area contributed by atoms with Gasteiger partial charge in [0.1, 0.15) is 12.4 Å². The Morgan fingerprint density at radius 3 is 2.92 bits per heavy atom. The van der Waals surface area contributed by atoms with E-state index in [0.29, 0.717) is 42.5 Å². The molecule has 2 fully saturated rings. The molecule has 3 aliphatic heterocycles. The van der Waals surface area contributed by atoms with Crippen molar-refractivity contribution >= 4 is 17.7 Å².